The summed E-state index contributed by atoms with van der Waals surface area (Å²) in [5.41, 5.74) is 0.714. The zero-order chi connectivity index (χ0) is 19.4. The average molecular weight is 376 g/mol. The molecule has 0 saturated heterocycles. The number of aromatic amines is 1. The van der Waals surface area contributed by atoms with Crippen LogP contribution in [-0.2, 0) is 0 Å². The maximum atomic E-state index is 13.3. The number of aromatic nitrogens is 3. The molecular formula is C18H15F3N4O2. The van der Waals surface area contributed by atoms with Crippen molar-refractivity contribution in [3.8, 4) is 17.0 Å². The Hall–Kier alpha value is -3.36. The van der Waals surface area contributed by atoms with Crippen LogP contribution >= 0.6 is 0 Å². The Balaban J connectivity index is 1.80. The van der Waals surface area contributed by atoms with Crippen molar-refractivity contribution in [2.24, 2.45) is 0 Å². The smallest absolute Gasteiger partial charge is 0.414 e. The number of rotatable bonds is 5. The molecule has 1 amide bonds. The molecule has 9 heteroatoms. The van der Waals surface area contributed by atoms with Gasteiger partial charge < -0.3 is 10.1 Å². The third-order valence-corrected chi connectivity index (χ3v) is 3.79. The zero-order valence-electron chi connectivity index (χ0n) is 14.1. The number of carbonyl (C=O) groups excluding carboxylic acids is 1. The number of nitrogens with one attached hydrogen (secondary N) is 2. The van der Waals surface area contributed by atoms with Crippen LogP contribution in [-0.4, -0.2) is 34.4 Å². The first kappa shape index (κ1) is 18.4. The van der Waals surface area contributed by atoms with Crippen molar-refractivity contribution in [1.82, 2.24) is 20.5 Å². The Morgan fingerprint density at radius 3 is 2.52 bits per heavy atom. The van der Waals surface area contributed by atoms with E-state index in [1.807, 2.05) is 5.32 Å². The molecule has 0 radical (unpaired) electrons. The summed E-state index contributed by atoms with van der Waals surface area (Å²) < 4.78 is 45.1. The van der Waals surface area contributed by atoms with Crippen molar-refractivity contribution in [1.29, 1.82) is 0 Å². The molecule has 0 saturated carbocycles. The average Bonchev–Trinajstić information content (AvgIpc) is 3.16. The normalized spacial score (nSPS) is 12.4. The summed E-state index contributed by atoms with van der Waals surface area (Å²) in [5, 5.41) is 8.40. The van der Waals surface area contributed by atoms with E-state index in [9.17, 15) is 18.0 Å². The number of methoxy groups -OCH3 is 1. The Labute approximate surface area is 152 Å². The van der Waals surface area contributed by atoms with Crippen LogP contribution in [0.3, 0.4) is 0 Å². The van der Waals surface area contributed by atoms with Gasteiger partial charge in [-0.15, -0.1) is 0 Å². The molecule has 2 aromatic heterocycles. The van der Waals surface area contributed by atoms with E-state index in [0.717, 1.165) is 0 Å². The number of halogens is 3. The van der Waals surface area contributed by atoms with E-state index < -0.39 is 18.1 Å². The van der Waals surface area contributed by atoms with Crippen LogP contribution in [0.1, 0.15) is 22.2 Å². The van der Waals surface area contributed by atoms with Gasteiger partial charge in [-0.05, 0) is 42.5 Å². The van der Waals surface area contributed by atoms with Gasteiger partial charge in [0, 0.05) is 11.8 Å². The Morgan fingerprint density at radius 1 is 1.19 bits per heavy atom. The first-order chi connectivity index (χ1) is 12.9. The van der Waals surface area contributed by atoms with Gasteiger partial charge in [0.1, 0.15) is 11.4 Å². The summed E-state index contributed by atoms with van der Waals surface area (Å²) in [5.74, 6) is -0.286. The molecule has 0 fully saturated rings. The largest absolute Gasteiger partial charge is 0.497 e. The summed E-state index contributed by atoms with van der Waals surface area (Å²) in [6.45, 7) is 0. The van der Waals surface area contributed by atoms with E-state index in [4.69, 9.17) is 4.74 Å². The van der Waals surface area contributed by atoms with Gasteiger partial charge in [-0.25, -0.2) is 0 Å². The molecule has 140 valence electrons. The lowest BCUT2D eigenvalue weighted by Gasteiger charge is -2.20. The second kappa shape index (κ2) is 7.48. The molecule has 3 rings (SSSR count). The molecule has 0 aliphatic rings. The maximum absolute atomic E-state index is 13.3. The summed E-state index contributed by atoms with van der Waals surface area (Å²) in [6.07, 6.45) is -3.46. The van der Waals surface area contributed by atoms with Gasteiger partial charge in [-0.2, -0.15) is 18.3 Å². The van der Waals surface area contributed by atoms with Gasteiger partial charge in [0.15, 0.2) is 6.04 Å². The second-order valence-corrected chi connectivity index (χ2v) is 5.60. The van der Waals surface area contributed by atoms with Crippen LogP contribution in [0.2, 0.25) is 0 Å². The summed E-state index contributed by atoms with van der Waals surface area (Å²) in [4.78, 5) is 16.0. The molecule has 0 aliphatic heterocycles. The lowest BCUT2D eigenvalue weighted by Crippen LogP contribution is -2.38. The number of nitrogens with zero attached hydrogens (tertiary/aromatic N) is 2. The van der Waals surface area contributed by atoms with Gasteiger partial charge in [-0.1, -0.05) is 6.07 Å². The van der Waals surface area contributed by atoms with Crippen molar-refractivity contribution in [3.05, 3.63) is 66.1 Å². The summed E-state index contributed by atoms with van der Waals surface area (Å²) >= 11 is 0. The number of hydrogen-bond donors (Lipinski definition) is 2. The Bertz CT molecular complexity index is 908. The van der Waals surface area contributed by atoms with Crippen LogP contribution in [0.15, 0.2) is 54.7 Å². The third kappa shape index (κ3) is 4.25. The van der Waals surface area contributed by atoms with Gasteiger partial charge in [-0.3, -0.25) is 14.9 Å². The fourth-order valence-electron chi connectivity index (χ4n) is 2.43. The van der Waals surface area contributed by atoms with E-state index >= 15 is 0 Å². The first-order valence-electron chi connectivity index (χ1n) is 7.87. The molecule has 1 atom stereocenters. The predicted molar refractivity (Wildman–Crippen MR) is 91.1 cm³/mol. The molecular weight excluding hydrogens is 361 g/mol. The SMILES string of the molecule is COc1ccc(-c2cc(C(=O)N[C@H](c3ccccn3)C(F)(F)F)[nH]n2)cc1. The number of pyridine rings is 1. The molecule has 0 unspecified atom stereocenters. The summed E-state index contributed by atoms with van der Waals surface area (Å²) in [7, 11) is 1.53. The number of amides is 1. The third-order valence-electron chi connectivity index (χ3n) is 3.79. The minimum atomic E-state index is -4.69. The van der Waals surface area contributed by atoms with Crippen LogP contribution in [0.4, 0.5) is 13.2 Å². The highest BCUT2D eigenvalue weighted by molar-refractivity contribution is 5.93. The van der Waals surface area contributed by atoms with Crippen LogP contribution in [0.5, 0.6) is 5.75 Å². The number of H-pyrrole nitrogens is 1. The minimum absolute atomic E-state index is 0.0917. The first-order valence-corrected chi connectivity index (χ1v) is 7.87. The van der Waals surface area contributed by atoms with Gasteiger partial charge in [0.05, 0.1) is 18.5 Å². The molecule has 2 N–H and O–H groups in total. The van der Waals surface area contributed by atoms with E-state index in [1.165, 1.54) is 37.6 Å². The quantitative estimate of drug-likeness (QED) is 0.714. The molecule has 0 spiro atoms. The highest BCUT2D eigenvalue weighted by Crippen LogP contribution is 2.32. The molecule has 1 aromatic carbocycles. The topological polar surface area (TPSA) is 79.9 Å². The van der Waals surface area contributed by atoms with E-state index in [1.54, 1.807) is 24.3 Å². The molecule has 3 aromatic rings. The van der Waals surface area contributed by atoms with Crippen molar-refractivity contribution < 1.29 is 22.7 Å². The fraction of sp³-hybridized carbons (Fsp3) is 0.167. The zero-order valence-corrected chi connectivity index (χ0v) is 14.1. The molecule has 2 heterocycles. The summed E-state index contributed by atoms with van der Waals surface area (Å²) in [6, 6.07) is 10.2. The van der Waals surface area contributed by atoms with E-state index in [2.05, 4.69) is 15.2 Å². The number of carbonyl (C=O) groups is 1. The van der Waals surface area contributed by atoms with E-state index in [0.29, 0.717) is 17.0 Å². The van der Waals surface area contributed by atoms with Crippen LogP contribution in [0, 0.1) is 0 Å². The maximum Gasteiger partial charge on any atom is 0.414 e. The van der Waals surface area contributed by atoms with Gasteiger partial charge in [0.2, 0.25) is 0 Å². The monoisotopic (exact) mass is 376 g/mol. The van der Waals surface area contributed by atoms with Crippen molar-refractivity contribution in [2.75, 3.05) is 7.11 Å². The van der Waals surface area contributed by atoms with Crippen LogP contribution < -0.4 is 10.1 Å². The van der Waals surface area contributed by atoms with Crippen LogP contribution in [0.25, 0.3) is 11.3 Å². The standard InChI is InChI=1S/C18H15F3N4O2/c1-27-12-7-5-11(6-8-12)14-10-15(25-24-14)17(26)23-16(18(19,20)21)13-4-2-3-9-22-13/h2-10,16H,1H3,(H,23,26)(H,24,25)/t16-/m1/s1. The van der Waals surface area contributed by atoms with E-state index in [-0.39, 0.29) is 11.4 Å². The Morgan fingerprint density at radius 2 is 1.93 bits per heavy atom. The minimum Gasteiger partial charge on any atom is -0.497 e. The second-order valence-electron chi connectivity index (χ2n) is 5.60. The highest BCUT2D eigenvalue weighted by Gasteiger charge is 2.43. The molecule has 6 nitrogen and oxygen atoms in total. The predicted octanol–water partition coefficient (Wildman–Crippen LogP) is 3.51. The number of hydrogen-bond acceptors (Lipinski definition) is 4. The molecule has 0 aliphatic carbocycles. The van der Waals surface area contributed by atoms with Crippen molar-refractivity contribution in [3.63, 3.8) is 0 Å². The highest BCUT2D eigenvalue weighted by atomic mass is 19.4. The van der Waals surface area contributed by atoms with Crippen molar-refractivity contribution in [2.45, 2.75) is 12.2 Å². The lowest BCUT2D eigenvalue weighted by molar-refractivity contribution is -0.156. The van der Waals surface area contributed by atoms with Crippen molar-refractivity contribution >= 4 is 5.91 Å². The lowest BCUT2D eigenvalue weighted by atomic mass is 10.1. The Kier molecular flexibility index (Phi) is 5.11. The number of alkyl halides is 3. The van der Waals surface area contributed by atoms with Gasteiger partial charge >= 0.3 is 6.18 Å². The number of benzene rings is 1. The molecule has 27 heavy (non-hydrogen) atoms. The number of ether oxygens (including phenoxy) is 1. The molecule has 0 bridgehead atoms. The van der Waals surface area contributed by atoms with Gasteiger partial charge in [0.25, 0.3) is 5.91 Å². The fourth-order valence-corrected chi connectivity index (χ4v) is 2.43.